The molecule has 0 spiro atoms. The Morgan fingerprint density at radius 3 is 2.84 bits per heavy atom. The number of halogens is 1. The Morgan fingerprint density at radius 2 is 2.21 bits per heavy atom. The van der Waals surface area contributed by atoms with E-state index in [4.69, 9.17) is 11.6 Å². The Balaban J connectivity index is 1.73. The molecular formula is C14H18ClNO2S. The van der Waals surface area contributed by atoms with Crippen LogP contribution in [0.5, 0.6) is 0 Å². The molecule has 0 saturated heterocycles. The summed E-state index contributed by atoms with van der Waals surface area (Å²) in [5.41, 5.74) is 0. The SMILES string of the molecule is CC(NC1C2CCC(C2)C1C(=O)O)c1ccc(Cl)s1. The zero-order valence-corrected chi connectivity index (χ0v) is 12.4. The van der Waals surface area contributed by atoms with Gasteiger partial charge in [0.05, 0.1) is 10.3 Å². The molecule has 3 nitrogen and oxygen atoms in total. The van der Waals surface area contributed by atoms with Crippen molar-refractivity contribution >= 4 is 28.9 Å². The van der Waals surface area contributed by atoms with E-state index >= 15 is 0 Å². The molecule has 5 heteroatoms. The fourth-order valence-corrected chi connectivity index (χ4v) is 4.89. The van der Waals surface area contributed by atoms with Gasteiger partial charge < -0.3 is 10.4 Å². The van der Waals surface area contributed by atoms with E-state index in [1.165, 1.54) is 11.3 Å². The maximum absolute atomic E-state index is 11.5. The van der Waals surface area contributed by atoms with Crippen LogP contribution in [-0.2, 0) is 4.79 Å². The van der Waals surface area contributed by atoms with Crippen molar-refractivity contribution in [1.82, 2.24) is 5.32 Å². The molecule has 1 aromatic heterocycles. The van der Waals surface area contributed by atoms with E-state index in [0.29, 0.717) is 11.8 Å². The number of carbonyl (C=O) groups is 1. The molecule has 2 saturated carbocycles. The zero-order valence-electron chi connectivity index (χ0n) is 10.8. The number of nitrogens with one attached hydrogen (secondary N) is 1. The molecule has 2 fully saturated rings. The Kier molecular flexibility index (Phi) is 3.58. The third-order valence-electron chi connectivity index (χ3n) is 4.66. The lowest BCUT2D eigenvalue weighted by atomic mass is 9.84. The number of thiophene rings is 1. The van der Waals surface area contributed by atoms with E-state index in [9.17, 15) is 9.90 Å². The summed E-state index contributed by atoms with van der Waals surface area (Å²) in [6.07, 6.45) is 3.33. The number of carboxylic acid groups (broad SMARTS) is 1. The highest BCUT2D eigenvalue weighted by molar-refractivity contribution is 7.16. The third-order valence-corrected chi connectivity index (χ3v) is 6.08. The minimum atomic E-state index is -0.638. The lowest BCUT2D eigenvalue weighted by molar-refractivity contribution is -0.144. The first-order valence-corrected chi connectivity index (χ1v) is 8.00. The normalized spacial score (nSPS) is 34.6. The minimum Gasteiger partial charge on any atom is -0.481 e. The zero-order chi connectivity index (χ0) is 13.6. The van der Waals surface area contributed by atoms with E-state index in [-0.39, 0.29) is 18.0 Å². The van der Waals surface area contributed by atoms with Crippen molar-refractivity contribution in [2.45, 2.75) is 38.3 Å². The van der Waals surface area contributed by atoms with Crippen LogP contribution in [0.1, 0.15) is 37.1 Å². The molecular weight excluding hydrogens is 282 g/mol. The number of hydrogen-bond acceptors (Lipinski definition) is 3. The van der Waals surface area contributed by atoms with Crippen LogP contribution in [0, 0.1) is 17.8 Å². The number of aliphatic carboxylic acids is 1. The average Bonchev–Trinajstić information content (AvgIpc) is 3.03. The van der Waals surface area contributed by atoms with Gasteiger partial charge in [-0.1, -0.05) is 11.6 Å². The predicted molar refractivity (Wildman–Crippen MR) is 76.6 cm³/mol. The van der Waals surface area contributed by atoms with E-state index in [1.54, 1.807) is 11.3 Å². The Hall–Kier alpha value is -0.580. The van der Waals surface area contributed by atoms with Crippen molar-refractivity contribution in [2.75, 3.05) is 0 Å². The highest BCUT2D eigenvalue weighted by Crippen LogP contribution is 2.49. The Bertz CT molecular complexity index is 490. The molecule has 3 rings (SSSR count). The van der Waals surface area contributed by atoms with Gasteiger partial charge in [0.2, 0.25) is 0 Å². The van der Waals surface area contributed by atoms with Crippen molar-refractivity contribution in [1.29, 1.82) is 0 Å². The van der Waals surface area contributed by atoms with Crippen LogP contribution in [-0.4, -0.2) is 17.1 Å². The van der Waals surface area contributed by atoms with Crippen molar-refractivity contribution in [3.05, 3.63) is 21.3 Å². The number of rotatable bonds is 4. The van der Waals surface area contributed by atoms with Crippen molar-refractivity contribution in [3.8, 4) is 0 Å². The van der Waals surface area contributed by atoms with E-state index in [2.05, 4.69) is 12.2 Å². The fourth-order valence-electron chi connectivity index (χ4n) is 3.82. The van der Waals surface area contributed by atoms with Crippen LogP contribution in [0.4, 0.5) is 0 Å². The fraction of sp³-hybridized carbons (Fsp3) is 0.643. The second-order valence-corrected chi connectivity index (χ2v) is 7.50. The van der Waals surface area contributed by atoms with Crippen LogP contribution in [0.25, 0.3) is 0 Å². The number of hydrogen-bond donors (Lipinski definition) is 2. The van der Waals surface area contributed by atoms with Gasteiger partial charge in [-0.25, -0.2) is 0 Å². The smallest absolute Gasteiger partial charge is 0.308 e. The molecule has 5 unspecified atom stereocenters. The van der Waals surface area contributed by atoms with Crippen molar-refractivity contribution in [2.24, 2.45) is 17.8 Å². The second-order valence-electron chi connectivity index (χ2n) is 5.75. The number of fused-ring (bicyclic) bond motifs is 2. The van der Waals surface area contributed by atoms with Gasteiger partial charge in [0, 0.05) is 17.0 Å². The van der Waals surface area contributed by atoms with Gasteiger partial charge in [0.25, 0.3) is 0 Å². The highest BCUT2D eigenvalue weighted by Gasteiger charge is 2.51. The minimum absolute atomic E-state index is 0.118. The van der Waals surface area contributed by atoms with Gasteiger partial charge in [0.1, 0.15) is 0 Å². The summed E-state index contributed by atoms with van der Waals surface area (Å²) in [5.74, 6) is 0.0563. The van der Waals surface area contributed by atoms with Crippen LogP contribution < -0.4 is 5.32 Å². The lowest BCUT2D eigenvalue weighted by Gasteiger charge is -2.31. The summed E-state index contributed by atoms with van der Waals surface area (Å²) in [5, 5.41) is 13.0. The van der Waals surface area contributed by atoms with Crippen LogP contribution in [0.15, 0.2) is 12.1 Å². The van der Waals surface area contributed by atoms with E-state index in [0.717, 1.165) is 17.2 Å². The highest BCUT2D eigenvalue weighted by atomic mass is 35.5. The molecule has 1 heterocycles. The molecule has 1 aromatic rings. The first-order valence-electron chi connectivity index (χ1n) is 6.80. The van der Waals surface area contributed by atoms with Crippen LogP contribution >= 0.6 is 22.9 Å². The predicted octanol–water partition coefficient (Wildman–Crippen LogP) is 3.55. The first kappa shape index (κ1) is 13.4. The molecule has 5 atom stereocenters. The lowest BCUT2D eigenvalue weighted by Crippen LogP contribution is -2.45. The Morgan fingerprint density at radius 1 is 1.47 bits per heavy atom. The van der Waals surface area contributed by atoms with Gasteiger partial charge in [-0.2, -0.15) is 0 Å². The summed E-state index contributed by atoms with van der Waals surface area (Å²) in [6, 6.07) is 4.21. The second kappa shape index (κ2) is 5.08. The van der Waals surface area contributed by atoms with Gasteiger partial charge in [-0.15, -0.1) is 11.3 Å². The first-order chi connectivity index (χ1) is 9.06. The average molecular weight is 300 g/mol. The summed E-state index contributed by atoms with van der Waals surface area (Å²) in [6.45, 7) is 2.09. The monoisotopic (exact) mass is 299 g/mol. The third kappa shape index (κ3) is 2.41. The molecule has 0 aliphatic heterocycles. The topological polar surface area (TPSA) is 49.3 Å². The van der Waals surface area contributed by atoms with Crippen LogP contribution in [0.3, 0.4) is 0 Å². The molecule has 2 bridgehead atoms. The summed E-state index contributed by atoms with van der Waals surface area (Å²) < 4.78 is 0.784. The summed E-state index contributed by atoms with van der Waals surface area (Å²) in [4.78, 5) is 12.6. The van der Waals surface area contributed by atoms with Crippen LogP contribution in [0.2, 0.25) is 4.34 Å². The van der Waals surface area contributed by atoms with Gasteiger partial charge in [-0.05, 0) is 50.2 Å². The molecule has 2 N–H and O–H groups in total. The molecule has 0 amide bonds. The van der Waals surface area contributed by atoms with E-state index < -0.39 is 5.97 Å². The largest absolute Gasteiger partial charge is 0.481 e. The van der Waals surface area contributed by atoms with Gasteiger partial charge >= 0.3 is 5.97 Å². The summed E-state index contributed by atoms with van der Waals surface area (Å²) in [7, 11) is 0. The molecule has 0 aromatic carbocycles. The molecule has 19 heavy (non-hydrogen) atoms. The molecule has 0 radical (unpaired) electrons. The maximum atomic E-state index is 11.5. The van der Waals surface area contributed by atoms with Gasteiger partial charge in [-0.3, -0.25) is 4.79 Å². The quantitative estimate of drug-likeness (QED) is 0.894. The summed E-state index contributed by atoms with van der Waals surface area (Å²) >= 11 is 7.52. The van der Waals surface area contributed by atoms with Gasteiger partial charge in [0.15, 0.2) is 0 Å². The standard InChI is InChI=1S/C14H18ClNO2S/c1-7(10-4-5-11(15)19-10)16-13-9-3-2-8(6-9)12(13)14(17)18/h4-5,7-9,12-13,16H,2-3,6H2,1H3,(H,17,18). The van der Waals surface area contributed by atoms with Crippen molar-refractivity contribution < 1.29 is 9.90 Å². The molecule has 2 aliphatic rings. The van der Waals surface area contributed by atoms with Crippen molar-refractivity contribution in [3.63, 3.8) is 0 Å². The molecule has 104 valence electrons. The van der Waals surface area contributed by atoms with E-state index in [1.807, 2.05) is 12.1 Å². The molecule has 2 aliphatic carbocycles. The maximum Gasteiger partial charge on any atom is 0.308 e. The Labute approximate surface area is 122 Å². The number of carboxylic acids is 1.